The molecule has 152 valence electrons. The first-order chi connectivity index (χ1) is 14.0. The molecule has 2 amide bonds. The number of piperidine rings is 1. The summed E-state index contributed by atoms with van der Waals surface area (Å²) in [5.74, 6) is 0.269. The predicted octanol–water partition coefficient (Wildman–Crippen LogP) is 4.16. The minimum Gasteiger partial charge on any atom is -0.497 e. The number of amides is 2. The van der Waals surface area contributed by atoms with Crippen molar-refractivity contribution in [3.63, 3.8) is 0 Å². The molecule has 0 bridgehead atoms. The number of anilines is 1. The first-order valence-electron chi connectivity index (χ1n) is 10.1. The molecule has 4 rings (SSSR count). The largest absolute Gasteiger partial charge is 0.497 e. The number of carbonyl (C=O) groups excluding carboxylic acids is 2. The zero-order valence-corrected chi connectivity index (χ0v) is 16.4. The molecule has 2 unspecified atom stereocenters. The number of carbonyl (C=O) groups is 2. The van der Waals surface area contributed by atoms with E-state index in [0.717, 1.165) is 24.2 Å². The molecule has 1 saturated heterocycles. The van der Waals surface area contributed by atoms with E-state index in [4.69, 9.17) is 4.74 Å². The first kappa shape index (κ1) is 19.4. The number of nitrogens with one attached hydrogen (secondary N) is 1. The highest BCUT2D eigenvalue weighted by molar-refractivity contribution is 5.93. The van der Waals surface area contributed by atoms with Gasteiger partial charge in [0.2, 0.25) is 11.8 Å². The van der Waals surface area contributed by atoms with Crippen molar-refractivity contribution in [3.8, 4) is 5.75 Å². The fourth-order valence-electron chi connectivity index (χ4n) is 3.94. The lowest BCUT2D eigenvalue weighted by molar-refractivity contribution is -0.139. The lowest BCUT2D eigenvalue weighted by Gasteiger charge is -2.39. The lowest BCUT2D eigenvalue weighted by atomic mass is 9.88. The van der Waals surface area contributed by atoms with E-state index >= 15 is 0 Å². The maximum atomic E-state index is 13.3. The van der Waals surface area contributed by atoms with Gasteiger partial charge in [-0.05, 0) is 67.6 Å². The van der Waals surface area contributed by atoms with Crippen LogP contribution < -0.4 is 10.1 Å². The summed E-state index contributed by atoms with van der Waals surface area (Å²) in [4.78, 5) is 27.6. The number of hydrogen-bond donors (Lipinski definition) is 1. The molecule has 2 atom stereocenters. The highest BCUT2D eigenvalue weighted by Gasteiger charge is 2.41. The Kier molecular flexibility index (Phi) is 5.51. The van der Waals surface area contributed by atoms with Gasteiger partial charge in [-0.2, -0.15) is 0 Å². The Labute approximate surface area is 169 Å². The maximum Gasteiger partial charge on any atom is 0.229 e. The van der Waals surface area contributed by atoms with Gasteiger partial charge in [-0.1, -0.05) is 12.1 Å². The van der Waals surface area contributed by atoms with Crippen molar-refractivity contribution in [3.05, 3.63) is 59.9 Å². The number of likely N-dealkylation sites (tertiary alicyclic amines) is 1. The Hall–Kier alpha value is -2.89. The van der Waals surface area contributed by atoms with Crippen LogP contribution in [0.2, 0.25) is 0 Å². The summed E-state index contributed by atoms with van der Waals surface area (Å²) in [5.41, 5.74) is 1.63. The van der Waals surface area contributed by atoms with Gasteiger partial charge in [-0.15, -0.1) is 0 Å². The fraction of sp³-hybridized carbons (Fsp3) is 0.391. The Morgan fingerprint density at radius 3 is 2.24 bits per heavy atom. The molecule has 6 heteroatoms. The van der Waals surface area contributed by atoms with Crippen LogP contribution in [0.5, 0.6) is 5.75 Å². The van der Waals surface area contributed by atoms with Crippen LogP contribution in [0.25, 0.3) is 0 Å². The van der Waals surface area contributed by atoms with E-state index in [1.54, 1.807) is 43.5 Å². The molecule has 5 nitrogen and oxygen atoms in total. The van der Waals surface area contributed by atoms with Gasteiger partial charge in [-0.3, -0.25) is 9.59 Å². The Balaban J connectivity index is 1.48. The van der Waals surface area contributed by atoms with Crippen LogP contribution in [0.15, 0.2) is 48.5 Å². The highest BCUT2D eigenvalue weighted by Crippen LogP contribution is 2.39. The molecular weight excluding hydrogens is 371 g/mol. The molecule has 0 aromatic heterocycles. The summed E-state index contributed by atoms with van der Waals surface area (Å²) >= 11 is 0. The van der Waals surface area contributed by atoms with E-state index in [1.165, 1.54) is 12.1 Å². The normalized spacial score (nSPS) is 21.5. The van der Waals surface area contributed by atoms with Crippen molar-refractivity contribution in [2.45, 2.75) is 31.7 Å². The second kappa shape index (κ2) is 8.23. The minimum atomic E-state index is -0.290. The molecule has 1 aliphatic carbocycles. The van der Waals surface area contributed by atoms with Crippen LogP contribution in [-0.2, 0) is 9.59 Å². The number of rotatable bonds is 5. The first-order valence-corrected chi connectivity index (χ1v) is 10.1. The van der Waals surface area contributed by atoms with Crippen molar-refractivity contribution >= 4 is 17.5 Å². The van der Waals surface area contributed by atoms with Gasteiger partial charge in [0.25, 0.3) is 0 Å². The SMILES string of the molecule is COc1ccc(NC(=O)C2CCC(c3ccc(F)cc3)N(C(=O)C3CC3)C2)cc1. The molecule has 1 aliphatic heterocycles. The third kappa shape index (κ3) is 4.42. The molecule has 1 saturated carbocycles. The van der Waals surface area contributed by atoms with Crippen molar-refractivity contribution < 1.29 is 18.7 Å². The van der Waals surface area contributed by atoms with E-state index in [1.807, 2.05) is 4.90 Å². The molecule has 0 spiro atoms. The van der Waals surface area contributed by atoms with Gasteiger partial charge in [0.1, 0.15) is 11.6 Å². The van der Waals surface area contributed by atoms with E-state index in [0.29, 0.717) is 25.1 Å². The molecule has 29 heavy (non-hydrogen) atoms. The van der Waals surface area contributed by atoms with Crippen LogP contribution >= 0.6 is 0 Å². The monoisotopic (exact) mass is 396 g/mol. The van der Waals surface area contributed by atoms with Crippen LogP contribution in [0.1, 0.15) is 37.3 Å². The molecule has 1 heterocycles. The van der Waals surface area contributed by atoms with Crippen molar-refractivity contribution in [2.24, 2.45) is 11.8 Å². The van der Waals surface area contributed by atoms with Gasteiger partial charge >= 0.3 is 0 Å². The third-order valence-corrected chi connectivity index (χ3v) is 5.77. The number of benzene rings is 2. The Bertz CT molecular complexity index is 878. The van der Waals surface area contributed by atoms with Gasteiger partial charge in [-0.25, -0.2) is 4.39 Å². The average molecular weight is 396 g/mol. The summed E-state index contributed by atoms with van der Waals surface area (Å²) in [6.45, 7) is 0.388. The van der Waals surface area contributed by atoms with Gasteiger partial charge in [0.05, 0.1) is 19.1 Å². The maximum absolute atomic E-state index is 13.3. The molecule has 2 fully saturated rings. The minimum absolute atomic E-state index is 0.0707. The second-order valence-electron chi connectivity index (χ2n) is 7.82. The van der Waals surface area contributed by atoms with Crippen molar-refractivity contribution in [1.82, 2.24) is 4.90 Å². The third-order valence-electron chi connectivity index (χ3n) is 5.77. The summed E-state index contributed by atoms with van der Waals surface area (Å²) in [6, 6.07) is 13.4. The molecule has 2 aromatic rings. The number of halogens is 1. The fourth-order valence-corrected chi connectivity index (χ4v) is 3.94. The summed E-state index contributed by atoms with van der Waals surface area (Å²) in [5, 5.41) is 2.95. The van der Waals surface area contributed by atoms with Crippen molar-refractivity contribution in [1.29, 1.82) is 0 Å². The Morgan fingerprint density at radius 1 is 0.966 bits per heavy atom. The van der Waals surface area contributed by atoms with E-state index in [9.17, 15) is 14.0 Å². The smallest absolute Gasteiger partial charge is 0.229 e. The number of hydrogen-bond acceptors (Lipinski definition) is 3. The number of methoxy groups -OCH3 is 1. The van der Waals surface area contributed by atoms with Gasteiger partial charge < -0.3 is 15.0 Å². The molecule has 2 aromatic carbocycles. The Morgan fingerprint density at radius 2 is 1.62 bits per heavy atom. The van der Waals surface area contributed by atoms with Crippen LogP contribution in [0, 0.1) is 17.7 Å². The van der Waals surface area contributed by atoms with Crippen LogP contribution in [-0.4, -0.2) is 30.4 Å². The van der Waals surface area contributed by atoms with Gasteiger partial charge in [0.15, 0.2) is 0 Å². The lowest BCUT2D eigenvalue weighted by Crippen LogP contribution is -2.46. The topological polar surface area (TPSA) is 58.6 Å². The molecule has 0 radical (unpaired) electrons. The number of nitrogens with zero attached hydrogens (tertiary/aromatic N) is 1. The van der Waals surface area contributed by atoms with Gasteiger partial charge in [0, 0.05) is 18.2 Å². The van der Waals surface area contributed by atoms with E-state index < -0.39 is 0 Å². The summed E-state index contributed by atoms with van der Waals surface area (Å²) in [7, 11) is 1.60. The second-order valence-corrected chi connectivity index (χ2v) is 7.82. The standard InChI is InChI=1S/C23H25FN2O3/c1-29-20-11-9-19(10-12-20)25-22(27)17-6-13-21(15-4-7-18(24)8-5-15)26(14-17)23(28)16-2-3-16/h4-5,7-12,16-17,21H,2-3,6,13-14H2,1H3,(H,25,27). The molecule has 2 aliphatic rings. The molecular formula is C23H25FN2O3. The number of ether oxygens (including phenoxy) is 1. The summed E-state index contributed by atoms with van der Waals surface area (Å²) < 4.78 is 18.5. The quantitative estimate of drug-likeness (QED) is 0.826. The van der Waals surface area contributed by atoms with E-state index in [-0.39, 0.29) is 35.5 Å². The zero-order valence-electron chi connectivity index (χ0n) is 16.4. The van der Waals surface area contributed by atoms with Crippen molar-refractivity contribution in [2.75, 3.05) is 19.0 Å². The van der Waals surface area contributed by atoms with E-state index in [2.05, 4.69) is 5.32 Å². The summed E-state index contributed by atoms with van der Waals surface area (Å²) in [6.07, 6.45) is 3.19. The highest BCUT2D eigenvalue weighted by atomic mass is 19.1. The van der Waals surface area contributed by atoms with Crippen LogP contribution in [0.4, 0.5) is 10.1 Å². The predicted molar refractivity (Wildman–Crippen MR) is 108 cm³/mol. The van der Waals surface area contributed by atoms with Crippen LogP contribution in [0.3, 0.4) is 0 Å². The zero-order chi connectivity index (χ0) is 20.4. The average Bonchev–Trinajstić information content (AvgIpc) is 3.59. The molecule has 1 N–H and O–H groups in total.